The van der Waals surface area contributed by atoms with Crippen LogP contribution in [0.25, 0.3) is 16.9 Å². The van der Waals surface area contributed by atoms with Gasteiger partial charge in [-0.05, 0) is 58.0 Å². The second kappa shape index (κ2) is 9.17. The first-order valence-corrected chi connectivity index (χ1v) is 12.4. The van der Waals surface area contributed by atoms with Gasteiger partial charge in [0.1, 0.15) is 22.6 Å². The molecule has 1 fully saturated rings. The van der Waals surface area contributed by atoms with Crippen LogP contribution in [0.15, 0.2) is 66.9 Å². The van der Waals surface area contributed by atoms with Crippen LogP contribution >= 0.6 is 0 Å². The molecule has 5 rings (SSSR count). The van der Waals surface area contributed by atoms with Crippen molar-refractivity contribution in [3.8, 4) is 17.0 Å². The molecule has 37 heavy (non-hydrogen) atoms. The van der Waals surface area contributed by atoms with Gasteiger partial charge in [-0.3, -0.25) is 4.79 Å². The number of nitrogens with one attached hydrogen (secondary N) is 3. The number of carbonyl (C=O) groups excluding carboxylic acids is 1. The number of aromatic hydroxyl groups is 1. The minimum absolute atomic E-state index is 0.0393. The number of nitrogens with zero attached hydrogens (tertiary/aromatic N) is 3. The fourth-order valence-corrected chi connectivity index (χ4v) is 5.47. The first-order valence-electron chi connectivity index (χ1n) is 12.4. The Morgan fingerprint density at radius 3 is 2.49 bits per heavy atom. The van der Waals surface area contributed by atoms with Crippen molar-refractivity contribution in [1.82, 2.24) is 19.9 Å². The normalized spacial score (nSPS) is 20.5. The van der Waals surface area contributed by atoms with E-state index in [-0.39, 0.29) is 28.8 Å². The zero-order valence-corrected chi connectivity index (χ0v) is 21.5. The summed E-state index contributed by atoms with van der Waals surface area (Å²) in [6.07, 6.45) is 3.06. The maximum atomic E-state index is 13.2. The Kier molecular flexibility index (Phi) is 6.13. The molecule has 0 spiro atoms. The molecule has 2 aromatic heterocycles. The smallest absolute Gasteiger partial charge is 0.251 e. The number of phenols is 1. The third kappa shape index (κ3) is 5.00. The van der Waals surface area contributed by atoms with Gasteiger partial charge in [-0.1, -0.05) is 18.2 Å². The van der Waals surface area contributed by atoms with Crippen LogP contribution in [0.5, 0.6) is 5.75 Å². The van der Waals surface area contributed by atoms with Gasteiger partial charge in [-0.25, -0.2) is 10.2 Å². The number of phenolic OH excluding ortho intramolecular Hbond substituents is 1. The minimum Gasteiger partial charge on any atom is -0.508 e. The zero-order chi connectivity index (χ0) is 26.4. The third-order valence-electron chi connectivity index (χ3n) is 7.03. The monoisotopic (exact) mass is 501 g/mol. The molecule has 3 heterocycles. The van der Waals surface area contributed by atoms with Gasteiger partial charge in [0.25, 0.3) is 5.91 Å². The van der Waals surface area contributed by atoms with Crippen LogP contribution < -0.4 is 15.7 Å². The highest BCUT2D eigenvalue weighted by atomic mass is 16.5. The van der Waals surface area contributed by atoms with Gasteiger partial charge < -0.3 is 15.7 Å². The summed E-state index contributed by atoms with van der Waals surface area (Å²) in [7, 11) is 0. The number of anilines is 2. The summed E-state index contributed by atoms with van der Waals surface area (Å²) in [6, 6.07) is 17.9. The number of aromatic nitrogens is 3. The first-order chi connectivity index (χ1) is 17.5. The third-order valence-corrected chi connectivity index (χ3v) is 7.03. The molecule has 192 valence electrons. The molecular formula is C28H33N6O3+. The van der Waals surface area contributed by atoms with Gasteiger partial charge in [0.05, 0.1) is 5.69 Å². The van der Waals surface area contributed by atoms with E-state index in [0.29, 0.717) is 40.6 Å². The molecular weight excluding hydrogens is 468 g/mol. The quantitative estimate of drug-likeness (QED) is 0.286. The van der Waals surface area contributed by atoms with Crippen molar-refractivity contribution in [2.75, 3.05) is 5.32 Å². The van der Waals surface area contributed by atoms with E-state index in [2.05, 4.69) is 15.6 Å². The van der Waals surface area contributed by atoms with Gasteiger partial charge in [0.15, 0.2) is 5.65 Å². The highest BCUT2D eigenvalue weighted by molar-refractivity contribution is 5.95. The van der Waals surface area contributed by atoms with E-state index in [1.165, 1.54) is 0 Å². The molecule has 0 radical (unpaired) electrons. The summed E-state index contributed by atoms with van der Waals surface area (Å²) in [5.41, 5.74) is 2.68. The van der Waals surface area contributed by atoms with E-state index in [1.807, 2.05) is 58.0 Å². The Bertz CT molecular complexity index is 1440. The lowest BCUT2D eigenvalue weighted by Gasteiger charge is -2.47. The lowest BCUT2D eigenvalue weighted by molar-refractivity contribution is -1.16. The molecule has 0 atom stereocenters. The Morgan fingerprint density at radius 2 is 1.76 bits per heavy atom. The molecule has 0 aliphatic carbocycles. The average Bonchev–Trinajstić information content (AvgIpc) is 3.28. The van der Waals surface area contributed by atoms with E-state index in [0.717, 1.165) is 11.3 Å². The van der Waals surface area contributed by atoms with E-state index in [1.54, 1.807) is 41.0 Å². The van der Waals surface area contributed by atoms with E-state index >= 15 is 0 Å². The Labute approximate surface area is 215 Å². The van der Waals surface area contributed by atoms with Crippen LogP contribution in [0, 0.1) is 0 Å². The standard InChI is InChI=1S/C28H32N6O3/c1-27(2)16-21(17-28(3,4)34(27)37)31-26(36)19-8-5-7-18(13-19)23-15-25-29-12-11-24(33(25)32-23)30-20-9-6-10-22(35)14-20/h5-15,21,30,35,37H,16-17H2,1-4H3,(H,31,36)/p+1. The minimum atomic E-state index is -0.366. The molecule has 0 saturated carbocycles. The lowest BCUT2D eigenvalue weighted by Crippen LogP contribution is -3.25. The van der Waals surface area contributed by atoms with Gasteiger partial charge in [-0.2, -0.15) is 14.7 Å². The highest BCUT2D eigenvalue weighted by Crippen LogP contribution is 2.26. The maximum Gasteiger partial charge on any atom is 0.251 e. The molecule has 4 aromatic rings. The molecule has 0 bridgehead atoms. The van der Waals surface area contributed by atoms with E-state index in [9.17, 15) is 15.1 Å². The van der Waals surface area contributed by atoms with Gasteiger partial charge in [0.2, 0.25) is 0 Å². The maximum absolute atomic E-state index is 13.2. The number of rotatable bonds is 5. The van der Waals surface area contributed by atoms with E-state index in [4.69, 9.17) is 5.10 Å². The molecule has 9 nitrogen and oxygen atoms in total. The number of benzene rings is 2. The number of hydrogen-bond donors (Lipinski definition) is 5. The van der Waals surface area contributed by atoms with Crippen molar-refractivity contribution in [2.24, 2.45) is 0 Å². The van der Waals surface area contributed by atoms with Crippen molar-refractivity contribution < 1.29 is 20.2 Å². The number of piperidine rings is 1. The van der Waals surface area contributed by atoms with Crippen molar-refractivity contribution in [2.45, 2.75) is 57.7 Å². The zero-order valence-electron chi connectivity index (χ0n) is 21.5. The summed E-state index contributed by atoms with van der Waals surface area (Å²) in [5.74, 6) is 0.716. The summed E-state index contributed by atoms with van der Waals surface area (Å²) in [6.45, 7) is 8.07. The van der Waals surface area contributed by atoms with Crippen LogP contribution in [0.3, 0.4) is 0 Å². The van der Waals surface area contributed by atoms with Crippen molar-refractivity contribution in [3.05, 3.63) is 72.4 Å². The molecule has 0 unspecified atom stereocenters. The number of fused-ring (bicyclic) bond motifs is 1. The second-order valence-electron chi connectivity index (χ2n) is 11.1. The molecule has 9 heteroatoms. The summed E-state index contributed by atoms with van der Waals surface area (Å²) in [5, 5.41) is 32.1. The lowest BCUT2D eigenvalue weighted by atomic mass is 9.79. The summed E-state index contributed by atoms with van der Waals surface area (Å²) < 4.78 is 1.70. The number of amides is 1. The van der Waals surface area contributed by atoms with Crippen LogP contribution in [0.2, 0.25) is 0 Å². The van der Waals surface area contributed by atoms with Gasteiger partial charge >= 0.3 is 0 Å². The number of hydrogen-bond acceptors (Lipinski definition) is 6. The highest BCUT2D eigenvalue weighted by Gasteiger charge is 2.49. The van der Waals surface area contributed by atoms with Crippen LogP contribution in [0.4, 0.5) is 11.5 Å². The van der Waals surface area contributed by atoms with Crippen LogP contribution in [-0.2, 0) is 0 Å². The van der Waals surface area contributed by atoms with Gasteiger partial charge in [-0.15, -0.1) is 0 Å². The fraction of sp³-hybridized carbons (Fsp3) is 0.321. The topological polar surface area (TPSA) is 116 Å². The van der Waals surface area contributed by atoms with Crippen LogP contribution in [0.1, 0.15) is 50.9 Å². The predicted octanol–water partition coefficient (Wildman–Crippen LogP) is 3.57. The fourth-order valence-electron chi connectivity index (χ4n) is 5.47. The van der Waals surface area contributed by atoms with Crippen molar-refractivity contribution >= 4 is 23.1 Å². The molecule has 1 amide bonds. The molecule has 1 aliphatic heterocycles. The van der Waals surface area contributed by atoms with Crippen LogP contribution in [-0.4, -0.2) is 47.9 Å². The Morgan fingerprint density at radius 1 is 1.03 bits per heavy atom. The van der Waals surface area contributed by atoms with Crippen molar-refractivity contribution in [1.29, 1.82) is 0 Å². The van der Waals surface area contributed by atoms with E-state index < -0.39 is 0 Å². The largest absolute Gasteiger partial charge is 0.508 e. The van der Waals surface area contributed by atoms with Gasteiger partial charge in [0, 0.05) is 54.0 Å². The molecule has 1 aliphatic rings. The molecule has 2 aromatic carbocycles. The number of hydroxylamine groups is 2. The Hall–Kier alpha value is -3.95. The van der Waals surface area contributed by atoms with Crippen molar-refractivity contribution in [3.63, 3.8) is 0 Å². The SMILES string of the molecule is CC1(C)CC(NC(=O)c2cccc(-c3cc4nccc(Nc5cccc(O)c5)n4n3)c2)CC(C)(C)[NH+]1O. The summed E-state index contributed by atoms with van der Waals surface area (Å²) >= 11 is 0. The average molecular weight is 502 g/mol. The first kappa shape index (κ1) is 24.7. The predicted molar refractivity (Wildman–Crippen MR) is 141 cm³/mol. The summed E-state index contributed by atoms with van der Waals surface area (Å²) in [4.78, 5) is 17.6. The Balaban J connectivity index is 1.38. The number of quaternary nitrogens is 1. The molecule has 5 N–H and O–H groups in total. The number of carbonyl (C=O) groups is 1. The molecule has 1 saturated heterocycles. The second-order valence-corrected chi connectivity index (χ2v) is 11.1.